The number of carboxylic acids is 1. The van der Waals surface area contributed by atoms with Gasteiger partial charge in [-0.05, 0) is 31.0 Å². The van der Waals surface area contributed by atoms with Crippen LogP contribution in [-0.4, -0.2) is 22.7 Å². The predicted molar refractivity (Wildman–Crippen MR) is 79.6 cm³/mol. The Morgan fingerprint density at radius 3 is 2.75 bits per heavy atom. The van der Waals surface area contributed by atoms with E-state index in [1.165, 1.54) is 11.3 Å². The topological polar surface area (TPSA) is 59.4 Å². The van der Waals surface area contributed by atoms with Gasteiger partial charge in [0.2, 0.25) is 0 Å². The van der Waals surface area contributed by atoms with Crippen molar-refractivity contribution < 1.29 is 14.6 Å². The van der Waals surface area contributed by atoms with Gasteiger partial charge in [-0.15, -0.1) is 11.3 Å². The van der Waals surface area contributed by atoms with Crippen LogP contribution in [0.3, 0.4) is 0 Å². The molecule has 0 aliphatic carbocycles. The van der Waals surface area contributed by atoms with Gasteiger partial charge in [0.1, 0.15) is 16.3 Å². The molecule has 0 aliphatic heterocycles. The standard InChI is InChI=1S/C15H17NO3S/c1-9(2)7-19-13-5-4-11(6-12(13)15(17)18)14-16-10(3)8-20-14/h4-6,8-9H,7H2,1-3H3,(H,17,18). The number of carbonyl (C=O) groups is 1. The highest BCUT2D eigenvalue weighted by Crippen LogP contribution is 2.29. The van der Waals surface area contributed by atoms with E-state index in [1.54, 1.807) is 12.1 Å². The normalized spacial score (nSPS) is 10.8. The highest BCUT2D eigenvalue weighted by Gasteiger charge is 2.14. The maximum absolute atomic E-state index is 11.4. The van der Waals surface area contributed by atoms with E-state index in [0.717, 1.165) is 16.3 Å². The van der Waals surface area contributed by atoms with Crippen LogP contribution >= 0.6 is 11.3 Å². The number of aromatic carboxylic acids is 1. The predicted octanol–water partition coefficient (Wildman–Crippen LogP) is 3.85. The van der Waals surface area contributed by atoms with Gasteiger partial charge in [0.25, 0.3) is 0 Å². The zero-order chi connectivity index (χ0) is 14.7. The third kappa shape index (κ3) is 3.36. The average Bonchev–Trinajstić information content (AvgIpc) is 2.82. The molecule has 0 amide bonds. The van der Waals surface area contributed by atoms with Crippen molar-refractivity contribution in [2.24, 2.45) is 5.92 Å². The number of aryl methyl sites for hydroxylation is 1. The van der Waals surface area contributed by atoms with Crippen molar-refractivity contribution in [3.63, 3.8) is 0 Å². The number of hydrogen-bond acceptors (Lipinski definition) is 4. The Morgan fingerprint density at radius 2 is 2.20 bits per heavy atom. The number of rotatable bonds is 5. The molecule has 0 spiro atoms. The Labute approximate surface area is 122 Å². The molecule has 2 aromatic rings. The monoisotopic (exact) mass is 291 g/mol. The molecule has 1 heterocycles. The molecule has 20 heavy (non-hydrogen) atoms. The van der Waals surface area contributed by atoms with E-state index in [9.17, 15) is 9.90 Å². The van der Waals surface area contributed by atoms with Crippen molar-refractivity contribution in [2.75, 3.05) is 6.61 Å². The van der Waals surface area contributed by atoms with Crippen LogP contribution in [0.1, 0.15) is 29.9 Å². The van der Waals surface area contributed by atoms with E-state index in [-0.39, 0.29) is 5.56 Å². The van der Waals surface area contributed by atoms with Gasteiger partial charge < -0.3 is 9.84 Å². The molecule has 1 aromatic carbocycles. The zero-order valence-electron chi connectivity index (χ0n) is 11.7. The Kier molecular flexibility index (Phi) is 4.39. The van der Waals surface area contributed by atoms with E-state index >= 15 is 0 Å². The molecule has 0 fully saturated rings. The van der Waals surface area contributed by atoms with Crippen LogP contribution in [0.2, 0.25) is 0 Å². The van der Waals surface area contributed by atoms with Gasteiger partial charge >= 0.3 is 5.97 Å². The van der Waals surface area contributed by atoms with E-state index < -0.39 is 5.97 Å². The molecule has 0 bridgehead atoms. The molecule has 4 nitrogen and oxygen atoms in total. The lowest BCUT2D eigenvalue weighted by Gasteiger charge is -2.11. The van der Waals surface area contributed by atoms with Crippen LogP contribution in [0, 0.1) is 12.8 Å². The third-order valence-electron chi connectivity index (χ3n) is 2.65. The first-order chi connectivity index (χ1) is 9.47. The van der Waals surface area contributed by atoms with Gasteiger partial charge in [0, 0.05) is 16.6 Å². The molecule has 106 valence electrons. The molecule has 1 aromatic heterocycles. The van der Waals surface area contributed by atoms with Gasteiger partial charge in [0.15, 0.2) is 0 Å². The Hall–Kier alpha value is -1.88. The van der Waals surface area contributed by atoms with Crippen molar-refractivity contribution in [3.8, 4) is 16.3 Å². The Balaban J connectivity index is 2.34. The summed E-state index contributed by atoms with van der Waals surface area (Å²) in [6.45, 7) is 6.45. The molecule has 0 saturated heterocycles. The summed E-state index contributed by atoms with van der Waals surface area (Å²) < 4.78 is 5.56. The molecular weight excluding hydrogens is 274 g/mol. The lowest BCUT2D eigenvalue weighted by atomic mass is 10.1. The minimum Gasteiger partial charge on any atom is -0.492 e. The van der Waals surface area contributed by atoms with Crippen LogP contribution < -0.4 is 4.74 Å². The van der Waals surface area contributed by atoms with Crippen LogP contribution in [-0.2, 0) is 0 Å². The minimum atomic E-state index is -0.987. The number of thiazole rings is 1. The lowest BCUT2D eigenvalue weighted by molar-refractivity contribution is 0.0691. The maximum Gasteiger partial charge on any atom is 0.339 e. The Morgan fingerprint density at radius 1 is 1.45 bits per heavy atom. The van der Waals surface area contributed by atoms with Gasteiger partial charge in [-0.2, -0.15) is 0 Å². The van der Waals surface area contributed by atoms with Crippen LogP contribution in [0.5, 0.6) is 5.75 Å². The quantitative estimate of drug-likeness (QED) is 0.909. The van der Waals surface area contributed by atoms with Crippen molar-refractivity contribution in [2.45, 2.75) is 20.8 Å². The average molecular weight is 291 g/mol. The van der Waals surface area contributed by atoms with Crippen molar-refractivity contribution in [3.05, 3.63) is 34.8 Å². The van der Waals surface area contributed by atoms with Gasteiger partial charge in [-0.3, -0.25) is 0 Å². The molecule has 0 aliphatic rings. The van der Waals surface area contributed by atoms with Gasteiger partial charge in [-0.1, -0.05) is 13.8 Å². The largest absolute Gasteiger partial charge is 0.492 e. The maximum atomic E-state index is 11.4. The number of aromatic nitrogens is 1. The second-order valence-electron chi connectivity index (χ2n) is 5.01. The number of carboxylic acid groups (broad SMARTS) is 1. The van der Waals surface area contributed by atoms with Gasteiger partial charge in [0.05, 0.1) is 6.61 Å². The summed E-state index contributed by atoms with van der Waals surface area (Å²) in [4.78, 5) is 15.7. The highest BCUT2D eigenvalue weighted by molar-refractivity contribution is 7.13. The Bertz CT molecular complexity index is 619. The van der Waals surface area contributed by atoms with Crippen molar-refractivity contribution in [1.82, 2.24) is 4.98 Å². The summed E-state index contributed by atoms with van der Waals surface area (Å²) >= 11 is 1.50. The highest BCUT2D eigenvalue weighted by atomic mass is 32.1. The fraction of sp³-hybridized carbons (Fsp3) is 0.333. The van der Waals surface area contributed by atoms with Gasteiger partial charge in [-0.25, -0.2) is 9.78 Å². The number of ether oxygens (including phenoxy) is 1. The molecular formula is C15H17NO3S. The summed E-state index contributed by atoms with van der Waals surface area (Å²) in [6, 6.07) is 5.18. The number of benzene rings is 1. The minimum absolute atomic E-state index is 0.177. The first kappa shape index (κ1) is 14.5. The van der Waals surface area contributed by atoms with E-state index in [1.807, 2.05) is 32.2 Å². The van der Waals surface area contributed by atoms with Crippen molar-refractivity contribution >= 4 is 17.3 Å². The fourth-order valence-electron chi connectivity index (χ4n) is 1.70. The summed E-state index contributed by atoms with van der Waals surface area (Å²) in [6.07, 6.45) is 0. The summed E-state index contributed by atoms with van der Waals surface area (Å²) in [5, 5.41) is 12.1. The molecule has 1 N–H and O–H groups in total. The first-order valence-electron chi connectivity index (χ1n) is 6.40. The third-order valence-corrected chi connectivity index (χ3v) is 3.66. The fourth-order valence-corrected chi connectivity index (χ4v) is 2.49. The first-order valence-corrected chi connectivity index (χ1v) is 7.28. The smallest absolute Gasteiger partial charge is 0.339 e. The molecule has 5 heteroatoms. The zero-order valence-corrected chi connectivity index (χ0v) is 12.5. The SMILES string of the molecule is Cc1csc(-c2ccc(OCC(C)C)c(C(=O)O)c2)n1. The molecule has 2 rings (SSSR count). The van der Waals surface area contributed by atoms with Crippen molar-refractivity contribution in [1.29, 1.82) is 0 Å². The molecule has 0 radical (unpaired) electrons. The van der Waals surface area contributed by atoms with E-state index in [4.69, 9.17) is 4.74 Å². The van der Waals surface area contributed by atoms with Crippen LogP contribution in [0.25, 0.3) is 10.6 Å². The summed E-state index contributed by atoms with van der Waals surface area (Å²) in [7, 11) is 0. The molecule has 0 atom stereocenters. The number of nitrogens with zero attached hydrogens (tertiary/aromatic N) is 1. The van der Waals surface area contributed by atoms with Crippen LogP contribution in [0.15, 0.2) is 23.6 Å². The number of hydrogen-bond donors (Lipinski definition) is 1. The van der Waals surface area contributed by atoms with E-state index in [0.29, 0.717) is 18.3 Å². The molecule has 0 unspecified atom stereocenters. The van der Waals surface area contributed by atoms with Crippen LogP contribution in [0.4, 0.5) is 0 Å². The summed E-state index contributed by atoms with van der Waals surface area (Å²) in [5.74, 6) is -0.236. The molecule has 0 saturated carbocycles. The second-order valence-corrected chi connectivity index (χ2v) is 5.87. The lowest BCUT2D eigenvalue weighted by Crippen LogP contribution is -2.08. The summed E-state index contributed by atoms with van der Waals surface area (Å²) in [5.41, 5.74) is 1.91. The van der Waals surface area contributed by atoms with E-state index in [2.05, 4.69) is 4.98 Å². The second kappa shape index (κ2) is 6.05.